The number of nitrogens with one attached hydrogen (secondary N) is 1. The number of ether oxygens (including phenoxy) is 1. The lowest BCUT2D eigenvalue weighted by atomic mass is 10.1. The summed E-state index contributed by atoms with van der Waals surface area (Å²) < 4.78 is 44.2. The van der Waals surface area contributed by atoms with Crippen LogP contribution < -0.4 is 5.32 Å². The van der Waals surface area contributed by atoms with Crippen molar-refractivity contribution in [3.8, 4) is 0 Å². The van der Waals surface area contributed by atoms with Crippen LogP contribution in [0.4, 0.5) is 13.2 Å². The fourth-order valence-electron chi connectivity index (χ4n) is 2.38. The highest BCUT2D eigenvalue weighted by atomic mass is 19.4. The molecule has 0 aliphatic carbocycles. The molecule has 1 amide bonds. The molecule has 0 heterocycles. The molecule has 0 aliphatic rings. The Morgan fingerprint density at radius 3 is 2.19 bits per heavy atom. The van der Waals surface area contributed by atoms with Gasteiger partial charge in [-0.2, -0.15) is 13.2 Å². The standard InChI is InChI=1S/C20H18F3NO3/c1-27-19(26)16-9-7-14(8-10-16)11-12-24-18(25)13-17(20(21,22)23)15-5-3-2-4-6-15/h2-10,13H,11-12H2,1H3,(H,24,25)/b17-13-. The van der Waals surface area contributed by atoms with Gasteiger partial charge < -0.3 is 10.1 Å². The Hall–Kier alpha value is -3.09. The maximum Gasteiger partial charge on any atom is 0.417 e. The third-order valence-electron chi connectivity index (χ3n) is 3.75. The zero-order valence-electron chi connectivity index (χ0n) is 14.5. The molecule has 0 fully saturated rings. The van der Waals surface area contributed by atoms with Crippen molar-refractivity contribution < 1.29 is 27.5 Å². The topological polar surface area (TPSA) is 55.4 Å². The Bertz CT molecular complexity index is 813. The second-order valence-corrected chi connectivity index (χ2v) is 5.65. The van der Waals surface area contributed by atoms with Gasteiger partial charge in [0.15, 0.2) is 0 Å². The summed E-state index contributed by atoms with van der Waals surface area (Å²) in [5.41, 5.74) is 0.151. The molecule has 0 unspecified atom stereocenters. The van der Waals surface area contributed by atoms with Gasteiger partial charge in [-0.1, -0.05) is 42.5 Å². The molecule has 2 aromatic rings. The summed E-state index contributed by atoms with van der Waals surface area (Å²) in [5, 5.41) is 2.45. The van der Waals surface area contributed by atoms with Crippen LogP contribution >= 0.6 is 0 Å². The predicted molar refractivity (Wildman–Crippen MR) is 95.0 cm³/mol. The van der Waals surface area contributed by atoms with Crippen LogP contribution in [0.15, 0.2) is 60.7 Å². The van der Waals surface area contributed by atoms with Crippen LogP contribution in [0.5, 0.6) is 0 Å². The van der Waals surface area contributed by atoms with Crippen molar-refractivity contribution in [3.63, 3.8) is 0 Å². The van der Waals surface area contributed by atoms with E-state index in [1.54, 1.807) is 30.3 Å². The molecule has 0 atom stereocenters. The Morgan fingerprint density at radius 2 is 1.63 bits per heavy atom. The lowest BCUT2D eigenvalue weighted by Gasteiger charge is -2.12. The van der Waals surface area contributed by atoms with E-state index in [4.69, 9.17) is 0 Å². The van der Waals surface area contributed by atoms with Gasteiger partial charge in [0.05, 0.1) is 18.2 Å². The molecule has 0 aromatic heterocycles. The Balaban J connectivity index is 1.98. The van der Waals surface area contributed by atoms with E-state index in [1.807, 2.05) is 0 Å². The molecule has 7 heteroatoms. The molecule has 0 saturated heterocycles. The summed E-state index contributed by atoms with van der Waals surface area (Å²) >= 11 is 0. The zero-order chi connectivity index (χ0) is 19.9. The third kappa shape index (κ3) is 5.99. The molecular formula is C20H18F3NO3. The number of halogens is 3. The first-order valence-electron chi connectivity index (χ1n) is 8.10. The summed E-state index contributed by atoms with van der Waals surface area (Å²) in [7, 11) is 1.28. The molecule has 27 heavy (non-hydrogen) atoms. The summed E-state index contributed by atoms with van der Waals surface area (Å²) in [6.45, 7) is 0.160. The molecular weight excluding hydrogens is 359 g/mol. The fourth-order valence-corrected chi connectivity index (χ4v) is 2.38. The number of carbonyl (C=O) groups excluding carboxylic acids is 2. The zero-order valence-corrected chi connectivity index (χ0v) is 14.5. The minimum absolute atomic E-state index is 0.0708. The van der Waals surface area contributed by atoms with E-state index in [1.165, 1.54) is 31.4 Å². The number of allylic oxidation sites excluding steroid dienone is 1. The largest absolute Gasteiger partial charge is 0.465 e. The summed E-state index contributed by atoms with van der Waals surface area (Å²) in [5.74, 6) is -1.28. The predicted octanol–water partition coefficient (Wildman–Crippen LogP) is 3.78. The van der Waals surface area contributed by atoms with Crippen molar-refractivity contribution in [2.45, 2.75) is 12.6 Å². The highest BCUT2D eigenvalue weighted by molar-refractivity contribution is 5.96. The molecule has 142 valence electrons. The van der Waals surface area contributed by atoms with Crippen LogP contribution in [0.1, 0.15) is 21.5 Å². The molecule has 1 N–H and O–H groups in total. The number of hydrogen-bond donors (Lipinski definition) is 1. The first-order valence-corrected chi connectivity index (χ1v) is 8.10. The van der Waals surface area contributed by atoms with Gasteiger partial charge in [0, 0.05) is 12.6 Å². The van der Waals surface area contributed by atoms with E-state index in [-0.39, 0.29) is 12.1 Å². The normalized spacial score (nSPS) is 11.8. The van der Waals surface area contributed by atoms with E-state index in [0.29, 0.717) is 18.1 Å². The molecule has 2 rings (SSSR count). The number of alkyl halides is 3. The van der Waals surface area contributed by atoms with E-state index in [0.717, 1.165) is 5.56 Å². The minimum atomic E-state index is -4.64. The molecule has 2 aromatic carbocycles. The number of esters is 1. The minimum Gasteiger partial charge on any atom is -0.465 e. The smallest absolute Gasteiger partial charge is 0.417 e. The summed E-state index contributed by atoms with van der Waals surface area (Å²) in [6, 6.07) is 13.7. The Kier molecular flexibility index (Phi) is 6.76. The van der Waals surface area contributed by atoms with Crippen LogP contribution in [0.25, 0.3) is 5.57 Å². The average Bonchev–Trinajstić information content (AvgIpc) is 2.66. The van der Waals surface area contributed by atoms with Crippen LogP contribution in [-0.2, 0) is 16.0 Å². The summed E-state index contributed by atoms with van der Waals surface area (Å²) in [6.07, 6.45) is -3.66. The van der Waals surface area contributed by atoms with Crippen molar-refractivity contribution in [2.24, 2.45) is 0 Å². The molecule has 0 bridgehead atoms. The summed E-state index contributed by atoms with van der Waals surface area (Å²) in [4.78, 5) is 23.2. The highest BCUT2D eigenvalue weighted by Crippen LogP contribution is 2.33. The van der Waals surface area contributed by atoms with Gasteiger partial charge in [-0.25, -0.2) is 4.79 Å². The SMILES string of the molecule is COC(=O)c1ccc(CCNC(=O)/C=C(/c2ccccc2)C(F)(F)F)cc1. The van der Waals surface area contributed by atoms with Crippen LogP contribution in [0.3, 0.4) is 0 Å². The maximum absolute atomic E-state index is 13.2. The quantitative estimate of drug-likeness (QED) is 0.616. The lowest BCUT2D eigenvalue weighted by molar-refractivity contribution is -0.117. The van der Waals surface area contributed by atoms with Crippen LogP contribution in [0, 0.1) is 0 Å². The van der Waals surface area contributed by atoms with Gasteiger partial charge in [-0.05, 0) is 29.7 Å². The van der Waals surface area contributed by atoms with Gasteiger partial charge in [0.25, 0.3) is 0 Å². The molecule has 0 aliphatic heterocycles. The first kappa shape index (κ1) is 20.2. The number of benzene rings is 2. The van der Waals surface area contributed by atoms with Gasteiger partial charge in [0.1, 0.15) is 0 Å². The number of methoxy groups -OCH3 is 1. The van der Waals surface area contributed by atoms with Gasteiger partial charge >= 0.3 is 12.1 Å². The van der Waals surface area contributed by atoms with Gasteiger partial charge in [-0.15, -0.1) is 0 Å². The number of rotatable bonds is 6. The van der Waals surface area contributed by atoms with Gasteiger partial charge in [-0.3, -0.25) is 4.79 Å². The van der Waals surface area contributed by atoms with E-state index >= 15 is 0 Å². The Morgan fingerprint density at radius 1 is 1.00 bits per heavy atom. The van der Waals surface area contributed by atoms with Crippen molar-refractivity contribution >= 4 is 17.4 Å². The van der Waals surface area contributed by atoms with Crippen molar-refractivity contribution in [1.29, 1.82) is 0 Å². The average molecular weight is 377 g/mol. The van der Waals surface area contributed by atoms with Crippen molar-refractivity contribution in [2.75, 3.05) is 13.7 Å². The lowest BCUT2D eigenvalue weighted by Crippen LogP contribution is -2.25. The van der Waals surface area contributed by atoms with E-state index in [2.05, 4.69) is 10.1 Å². The first-order chi connectivity index (χ1) is 12.8. The third-order valence-corrected chi connectivity index (χ3v) is 3.75. The number of carbonyl (C=O) groups is 2. The van der Waals surface area contributed by atoms with E-state index in [9.17, 15) is 22.8 Å². The molecule has 0 spiro atoms. The monoisotopic (exact) mass is 377 g/mol. The van der Waals surface area contributed by atoms with Crippen LogP contribution in [-0.4, -0.2) is 31.7 Å². The van der Waals surface area contributed by atoms with Crippen LogP contribution in [0.2, 0.25) is 0 Å². The second kappa shape index (κ2) is 9.02. The fraction of sp³-hybridized carbons (Fsp3) is 0.200. The number of hydrogen-bond acceptors (Lipinski definition) is 3. The highest BCUT2D eigenvalue weighted by Gasteiger charge is 2.35. The maximum atomic E-state index is 13.2. The van der Waals surface area contributed by atoms with Gasteiger partial charge in [0.2, 0.25) is 5.91 Å². The molecule has 4 nitrogen and oxygen atoms in total. The number of amides is 1. The second-order valence-electron chi connectivity index (χ2n) is 5.65. The van der Waals surface area contributed by atoms with Crippen molar-refractivity contribution in [3.05, 3.63) is 77.4 Å². The van der Waals surface area contributed by atoms with Crippen molar-refractivity contribution in [1.82, 2.24) is 5.32 Å². The Labute approximate surface area is 154 Å². The molecule has 0 radical (unpaired) electrons. The van der Waals surface area contributed by atoms with E-state index < -0.39 is 23.6 Å². The molecule has 0 saturated carbocycles.